The average Bonchev–Trinajstić information content (AvgIpc) is 2.63. The van der Waals surface area contributed by atoms with Crippen LogP contribution >= 0.6 is 11.6 Å². The number of nitrogens with zero attached hydrogens (tertiary/aromatic N) is 1. The lowest BCUT2D eigenvalue weighted by Crippen LogP contribution is -2.13. The number of pyridine rings is 1. The summed E-state index contributed by atoms with van der Waals surface area (Å²) in [5.74, 6) is 5.57. The van der Waals surface area contributed by atoms with Crippen LogP contribution in [0.5, 0.6) is 0 Å². The number of aromatic nitrogens is 1. The Morgan fingerprint density at radius 1 is 1.08 bits per heavy atom. The fraction of sp³-hybridized carbons (Fsp3) is 0.0476. The molecule has 0 aliphatic heterocycles. The zero-order valence-electron chi connectivity index (χ0n) is 13.6. The quantitative estimate of drug-likeness (QED) is 0.534. The van der Waals surface area contributed by atoms with Gasteiger partial charge in [0.1, 0.15) is 5.15 Å². The van der Waals surface area contributed by atoms with Gasteiger partial charge in [-0.1, -0.05) is 53.9 Å². The van der Waals surface area contributed by atoms with Crippen molar-refractivity contribution in [2.75, 3.05) is 5.32 Å². The summed E-state index contributed by atoms with van der Waals surface area (Å²) >= 11 is 6.03. The van der Waals surface area contributed by atoms with Gasteiger partial charge in [-0.2, -0.15) is 0 Å². The van der Waals surface area contributed by atoms with Gasteiger partial charge in [0, 0.05) is 17.3 Å². The number of rotatable bonds is 3. The van der Waals surface area contributed by atoms with Crippen LogP contribution in [0.15, 0.2) is 66.9 Å². The average molecular weight is 347 g/mol. The van der Waals surface area contributed by atoms with E-state index < -0.39 is 0 Å². The first-order chi connectivity index (χ1) is 12.2. The fourth-order valence-electron chi connectivity index (χ4n) is 2.48. The second-order valence-electron chi connectivity index (χ2n) is 5.30. The maximum atomic E-state index is 12.6. The molecule has 0 atom stereocenters. The van der Waals surface area contributed by atoms with Gasteiger partial charge >= 0.3 is 0 Å². The smallest absolute Gasteiger partial charge is 0.258 e. The molecule has 0 bridgehead atoms. The molecule has 0 radical (unpaired) electrons. The molecule has 3 nitrogen and oxygen atoms in total. The molecule has 1 N–H and O–H groups in total. The normalized spacial score (nSPS) is 9.84. The maximum Gasteiger partial charge on any atom is 0.258 e. The Kier molecular flexibility index (Phi) is 5.13. The molecule has 0 aliphatic rings. The molecule has 122 valence electrons. The molecule has 25 heavy (non-hydrogen) atoms. The molecule has 0 saturated carbocycles. The summed E-state index contributed by atoms with van der Waals surface area (Å²) in [6.45, 7) is 1.78. The molecular weight excluding hydrogens is 332 g/mol. The van der Waals surface area contributed by atoms with Crippen LogP contribution < -0.4 is 5.32 Å². The Morgan fingerprint density at radius 2 is 1.88 bits per heavy atom. The van der Waals surface area contributed by atoms with Crippen molar-refractivity contribution >= 4 is 23.2 Å². The summed E-state index contributed by atoms with van der Waals surface area (Å²) in [5, 5.41) is 3.11. The highest BCUT2D eigenvalue weighted by Crippen LogP contribution is 2.29. The van der Waals surface area contributed by atoms with Gasteiger partial charge < -0.3 is 5.32 Å². The SMILES string of the molecule is CC#Cc1ccc(-c2ccccc2)c(NC(=O)c2cccnc2Cl)c1. The summed E-state index contributed by atoms with van der Waals surface area (Å²) in [6.07, 6.45) is 1.55. The highest BCUT2D eigenvalue weighted by molar-refractivity contribution is 6.33. The molecule has 3 aromatic rings. The van der Waals surface area contributed by atoms with Gasteiger partial charge in [-0.15, -0.1) is 5.92 Å². The van der Waals surface area contributed by atoms with E-state index in [1.165, 1.54) is 0 Å². The Morgan fingerprint density at radius 3 is 2.60 bits per heavy atom. The number of benzene rings is 2. The largest absolute Gasteiger partial charge is 0.321 e. The van der Waals surface area contributed by atoms with Gasteiger partial charge in [-0.3, -0.25) is 4.79 Å². The highest BCUT2D eigenvalue weighted by Gasteiger charge is 2.14. The molecule has 3 rings (SSSR count). The summed E-state index contributed by atoms with van der Waals surface area (Å²) in [6, 6.07) is 18.9. The molecule has 2 aromatic carbocycles. The van der Waals surface area contributed by atoms with E-state index in [0.29, 0.717) is 11.3 Å². The van der Waals surface area contributed by atoms with Crippen molar-refractivity contribution < 1.29 is 4.79 Å². The summed E-state index contributed by atoms with van der Waals surface area (Å²) in [5.41, 5.74) is 3.75. The van der Waals surface area contributed by atoms with E-state index in [1.54, 1.807) is 25.3 Å². The highest BCUT2D eigenvalue weighted by atomic mass is 35.5. The van der Waals surface area contributed by atoms with Gasteiger partial charge in [0.25, 0.3) is 5.91 Å². The molecule has 1 amide bonds. The van der Waals surface area contributed by atoms with Gasteiger partial charge in [-0.05, 0) is 36.8 Å². The van der Waals surface area contributed by atoms with Crippen molar-refractivity contribution in [1.29, 1.82) is 0 Å². The minimum absolute atomic E-state index is 0.172. The van der Waals surface area contributed by atoms with E-state index in [0.717, 1.165) is 16.7 Å². The molecule has 0 spiro atoms. The number of anilines is 1. The Labute approximate surface area is 151 Å². The van der Waals surface area contributed by atoms with Crippen molar-refractivity contribution in [3.05, 3.63) is 83.1 Å². The zero-order valence-corrected chi connectivity index (χ0v) is 14.3. The minimum Gasteiger partial charge on any atom is -0.321 e. The molecule has 4 heteroatoms. The third-order valence-electron chi connectivity index (χ3n) is 3.63. The molecule has 1 aromatic heterocycles. The van der Waals surface area contributed by atoms with Crippen LogP contribution in [0.25, 0.3) is 11.1 Å². The fourth-order valence-corrected chi connectivity index (χ4v) is 2.69. The standard InChI is InChI=1S/C21H15ClN2O/c1-2-7-15-11-12-17(16-8-4-3-5-9-16)19(14-15)24-21(25)18-10-6-13-23-20(18)22/h3-6,8-14H,1H3,(H,24,25). The second kappa shape index (κ2) is 7.65. The van der Waals surface area contributed by atoms with Crippen molar-refractivity contribution in [3.8, 4) is 23.0 Å². The van der Waals surface area contributed by atoms with Gasteiger partial charge in [0.15, 0.2) is 0 Å². The molecule has 0 saturated heterocycles. The number of hydrogen-bond acceptors (Lipinski definition) is 2. The van der Waals surface area contributed by atoms with Crippen molar-refractivity contribution in [3.63, 3.8) is 0 Å². The van der Waals surface area contributed by atoms with Crippen LogP contribution in [0.4, 0.5) is 5.69 Å². The third kappa shape index (κ3) is 3.88. The number of amides is 1. The lowest BCUT2D eigenvalue weighted by Gasteiger charge is -2.12. The zero-order chi connectivity index (χ0) is 17.6. The maximum absolute atomic E-state index is 12.6. The summed E-state index contributed by atoms with van der Waals surface area (Å²) in [7, 11) is 0. The topological polar surface area (TPSA) is 42.0 Å². The van der Waals surface area contributed by atoms with Gasteiger partial charge in [0.2, 0.25) is 0 Å². The van der Waals surface area contributed by atoms with Gasteiger partial charge in [0.05, 0.1) is 11.3 Å². The van der Waals surface area contributed by atoms with Crippen LogP contribution in [-0.2, 0) is 0 Å². The van der Waals surface area contributed by atoms with E-state index in [4.69, 9.17) is 11.6 Å². The van der Waals surface area contributed by atoms with E-state index >= 15 is 0 Å². The summed E-state index contributed by atoms with van der Waals surface area (Å²) in [4.78, 5) is 16.6. The third-order valence-corrected chi connectivity index (χ3v) is 3.93. The number of carbonyl (C=O) groups is 1. The molecular formula is C21H15ClN2O. The van der Waals surface area contributed by atoms with E-state index in [-0.39, 0.29) is 11.1 Å². The molecule has 0 unspecified atom stereocenters. The first kappa shape index (κ1) is 16.8. The number of halogens is 1. The predicted molar refractivity (Wildman–Crippen MR) is 102 cm³/mol. The first-order valence-corrected chi connectivity index (χ1v) is 8.11. The number of nitrogens with one attached hydrogen (secondary N) is 1. The Balaban J connectivity index is 2.03. The Hall–Kier alpha value is -3.09. The minimum atomic E-state index is -0.308. The van der Waals surface area contributed by atoms with Crippen molar-refractivity contribution in [1.82, 2.24) is 4.98 Å². The van der Waals surface area contributed by atoms with E-state index in [2.05, 4.69) is 22.1 Å². The van der Waals surface area contributed by atoms with Crippen molar-refractivity contribution in [2.24, 2.45) is 0 Å². The van der Waals surface area contributed by atoms with Crippen LogP contribution in [0.1, 0.15) is 22.8 Å². The monoisotopic (exact) mass is 346 g/mol. The number of hydrogen-bond donors (Lipinski definition) is 1. The summed E-state index contributed by atoms with van der Waals surface area (Å²) < 4.78 is 0. The Bertz CT molecular complexity index is 972. The lowest BCUT2D eigenvalue weighted by atomic mass is 10.0. The second-order valence-corrected chi connectivity index (χ2v) is 5.66. The van der Waals surface area contributed by atoms with Gasteiger partial charge in [-0.25, -0.2) is 4.98 Å². The lowest BCUT2D eigenvalue weighted by molar-refractivity contribution is 0.102. The van der Waals surface area contributed by atoms with Crippen LogP contribution in [0.3, 0.4) is 0 Å². The molecule has 0 fully saturated rings. The first-order valence-electron chi connectivity index (χ1n) is 7.73. The van der Waals surface area contributed by atoms with Crippen molar-refractivity contribution in [2.45, 2.75) is 6.92 Å². The predicted octanol–water partition coefficient (Wildman–Crippen LogP) is 5.03. The molecule has 1 heterocycles. The number of carbonyl (C=O) groups excluding carboxylic acids is 1. The van der Waals surface area contributed by atoms with Crippen LogP contribution in [0.2, 0.25) is 5.15 Å². The van der Waals surface area contributed by atoms with Crippen LogP contribution in [0, 0.1) is 11.8 Å². The molecule has 0 aliphatic carbocycles. The van der Waals surface area contributed by atoms with E-state index in [9.17, 15) is 4.79 Å². The van der Waals surface area contributed by atoms with Crippen LogP contribution in [-0.4, -0.2) is 10.9 Å². The van der Waals surface area contributed by atoms with E-state index in [1.807, 2.05) is 48.5 Å².